The van der Waals surface area contributed by atoms with Crippen molar-refractivity contribution in [3.63, 3.8) is 0 Å². The van der Waals surface area contributed by atoms with E-state index in [9.17, 15) is 8.42 Å². The van der Waals surface area contributed by atoms with Crippen molar-refractivity contribution in [2.24, 2.45) is 0 Å². The van der Waals surface area contributed by atoms with Gasteiger partial charge in [0.25, 0.3) is 0 Å². The Morgan fingerprint density at radius 3 is 2.54 bits per heavy atom. The van der Waals surface area contributed by atoms with Crippen LogP contribution in [0, 0.1) is 0 Å². The van der Waals surface area contributed by atoms with Gasteiger partial charge in [0.15, 0.2) is 20.8 Å². The summed E-state index contributed by atoms with van der Waals surface area (Å²) in [4.78, 5) is 8.80. The second-order valence-corrected chi connectivity index (χ2v) is 9.50. The van der Waals surface area contributed by atoms with Gasteiger partial charge in [-0.3, -0.25) is 0 Å². The predicted molar refractivity (Wildman–Crippen MR) is 114 cm³/mol. The third kappa shape index (κ3) is 4.08. The van der Waals surface area contributed by atoms with Crippen molar-refractivity contribution in [1.82, 2.24) is 15.3 Å². The van der Waals surface area contributed by atoms with E-state index in [-0.39, 0.29) is 24.6 Å². The molecule has 3 rings (SSSR count). The van der Waals surface area contributed by atoms with E-state index < -0.39 is 14.6 Å². The quantitative estimate of drug-likeness (QED) is 0.490. The van der Waals surface area contributed by atoms with Gasteiger partial charge in [0, 0.05) is 31.0 Å². The Kier molecular flexibility index (Phi) is 5.82. The monoisotopic (exact) mass is 421 g/mol. The Balaban J connectivity index is 1.91. The number of anilines is 2. The fraction of sp³-hybridized carbons (Fsp3) is 0.389. The molecule has 1 aliphatic rings. The van der Waals surface area contributed by atoms with E-state index >= 15 is 0 Å². The van der Waals surface area contributed by atoms with Crippen LogP contribution >= 0.6 is 12.2 Å². The Labute approximate surface area is 169 Å². The molecular weight excluding hydrogens is 398 g/mol. The van der Waals surface area contributed by atoms with Crippen LogP contribution in [0.25, 0.3) is 11.4 Å². The zero-order valence-corrected chi connectivity index (χ0v) is 17.1. The number of nitrogens with zero attached hydrogens (tertiary/aromatic N) is 2. The van der Waals surface area contributed by atoms with E-state index in [2.05, 4.69) is 20.6 Å². The molecule has 1 saturated carbocycles. The first-order valence-electron chi connectivity index (χ1n) is 8.89. The van der Waals surface area contributed by atoms with E-state index in [1.165, 1.54) is 6.07 Å². The molecule has 1 aromatic heterocycles. The minimum atomic E-state index is -3.44. The molecule has 0 atom stereocenters. The van der Waals surface area contributed by atoms with Crippen LogP contribution in [0.5, 0.6) is 0 Å². The van der Waals surface area contributed by atoms with Gasteiger partial charge in [-0.15, -0.1) is 0 Å². The molecule has 1 fully saturated rings. The summed E-state index contributed by atoms with van der Waals surface area (Å²) in [7, 11) is -1.71. The molecule has 1 aliphatic carbocycles. The van der Waals surface area contributed by atoms with Crippen LogP contribution in [0.2, 0.25) is 0 Å². The number of benzene rings is 1. The maximum Gasteiger partial charge on any atom is 0.170 e. The number of nitrogens with one attached hydrogen (secondary N) is 2. The summed E-state index contributed by atoms with van der Waals surface area (Å²) >= 11 is 5.07. The van der Waals surface area contributed by atoms with E-state index in [1.807, 2.05) is 24.3 Å². The lowest BCUT2D eigenvalue weighted by atomic mass is 10.1. The molecule has 0 bridgehead atoms. The molecule has 0 spiro atoms. The van der Waals surface area contributed by atoms with E-state index in [0.717, 1.165) is 11.3 Å². The fourth-order valence-electron chi connectivity index (χ4n) is 3.01. The van der Waals surface area contributed by atoms with Gasteiger partial charge in [0.1, 0.15) is 10.6 Å². The van der Waals surface area contributed by atoms with Crippen molar-refractivity contribution in [1.29, 1.82) is 0 Å². The van der Waals surface area contributed by atoms with Gasteiger partial charge >= 0.3 is 0 Å². The lowest BCUT2D eigenvalue weighted by Gasteiger charge is -2.17. The highest BCUT2D eigenvalue weighted by Gasteiger charge is 2.56. The van der Waals surface area contributed by atoms with E-state index in [1.54, 1.807) is 7.05 Å². The molecule has 150 valence electrons. The van der Waals surface area contributed by atoms with Crippen molar-refractivity contribution in [3.05, 3.63) is 36.0 Å². The molecule has 0 amide bonds. The van der Waals surface area contributed by atoms with Crippen LogP contribution < -0.4 is 16.4 Å². The van der Waals surface area contributed by atoms with Crippen molar-refractivity contribution < 1.29 is 13.5 Å². The lowest BCUT2D eigenvalue weighted by molar-refractivity contribution is 0.295. The highest BCUT2D eigenvalue weighted by Crippen LogP contribution is 2.53. The number of hydrogen-bond acceptors (Lipinski definition) is 7. The standard InChI is InChI=1S/C18H23N5O3S2/c1-20-17(27)21-13-5-3-12(4-6-13)16-22-14(11-15(19)23-16)18(7-8-18)28(25,26)10-2-9-24/h3-6,11,24H,2,7-10H2,1H3,(H2,19,22,23)(H2,20,21,27). The minimum Gasteiger partial charge on any atom is -0.396 e. The number of aliphatic hydroxyl groups is 1. The van der Waals surface area contributed by atoms with Crippen LogP contribution in [0.15, 0.2) is 30.3 Å². The van der Waals surface area contributed by atoms with Crippen LogP contribution in [0.4, 0.5) is 11.5 Å². The highest BCUT2D eigenvalue weighted by molar-refractivity contribution is 7.92. The van der Waals surface area contributed by atoms with Gasteiger partial charge in [-0.05, 0) is 55.7 Å². The zero-order valence-electron chi connectivity index (χ0n) is 15.5. The summed E-state index contributed by atoms with van der Waals surface area (Å²) in [6.07, 6.45) is 1.21. The third-order valence-electron chi connectivity index (χ3n) is 4.71. The number of rotatable bonds is 7. The number of aliphatic hydroxyl groups excluding tert-OH is 1. The van der Waals surface area contributed by atoms with Gasteiger partial charge in [-0.1, -0.05) is 0 Å². The van der Waals surface area contributed by atoms with Crippen LogP contribution in [0.3, 0.4) is 0 Å². The van der Waals surface area contributed by atoms with Crippen molar-refractivity contribution in [3.8, 4) is 11.4 Å². The minimum absolute atomic E-state index is 0.0749. The number of aromatic nitrogens is 2. The summed E-state index contributed by atoms with van der Waals surface area (Å²) in [6.45, 7) is -0.163. The van der Waals surface area contributed by atoms with Gasteiger partial charge in [-0.2, -0.15) is 0 Å². The molecule has 1 heterocycles. The number of hydrogen-bond donors (Lipinski definition) is 4. The first-order chi connectivity index (χ1) is 13.3. The van der Waals surface area contributed by atoms with Crippen LogP contribution in [-0.4, -0.2) is 48.0 Å². The molecule has 28 heavy (non-hydrogen) atoms. The molecule has 10 heteroatoms. The first kappa shape index (κ1) is 20.4. The van der Waals surface area contributed by atoms with Gasteiger partial charge < -0.3 is 21.5 Å². The normalized spacial score (nSPS) is 15.1. The largest absolute Gasteiger partial charge is 0.396 e. The molecule has 1 aromatic carbocycles. The van der Waals surface area contributed by atoms with Gasteiger partial charge in [0.2, 0.25) is 0 Å². The zero-order chi connectivity index (χ0) is 20.4. The Morgan fingerprint density at radius 2 is 1.96 bits per heavy atom. The van der Waals surface area contributed by atoms with E-state index in [4.69, 9.17) is 23.1 Å². The van der Waals surface area contributed by atoms with Crippen LogP contribution in [0.1, 0.15) is 25.0 Å². The number of nitrogens with two attached hydrogens (primary N) is 1. The average Bonchev–Trinajstić information content (AvgIpc) is 3.49. The smallest absolute Gasteiger partial charge is 0.170 e. The molecule has 8 nitrogen and oxygen atoms in total. The highest BCUT2D eigenvalue weighted by atomic mass is 32.2. The molecule has 2 aromatic rings. The SMILES string of the molecule is CNC(=S)Nc1ccc(-c2nc(N)cc(C3(S(=O)(=O)CCCO)CC3)n2)cc1. The van der Waals surface area contributed by atoms with Crippen molar-refractivity contribution in [2.45, 2.75) is 24.0 Å². The van der Waals surface area contributed by atoms with Crippen molar-refractivity contribution >= 4 is 38.7 Å². The Hall–Kier alpha value is -2.30. The van der Waals surface area contributed by atoms with Gasteiger partial charge in [0.05, 0.1) is 11.4 Å². The van der Waals surface area contributed by atoms with Gasteiger partial charge in [-0.25, -0.2) is 18.4 Å². The summed E-state index contributed by atoms with van der Waals surface area (Å²) in [6, 6.07) is 8.83. The summed E-state index contributed by atoms with van der Waals surface area (Å²) in [5, 5.41) is 15.3. The molecule has 0 aliphatic heterocycles. The topological polar surface area (TPSA) is 130 Å². The van der Waals surface area contributed by atoms with Crippen molar-refractivity contribution in [2.75, 3.05) is 30.5 Å². The van der Waals surface area contributed by atoms with E-state index in [0.29, 0.717) is 29.5 Å². The Bertz CT molecular complexity index is 973. The number of thiocarbonyl (C=S) groups is 1. The molecule has 0 unspecified atom stereocenters. The summed E-state index contributed by atoms with van der Waals surface area (Å²) in [5.74, 6) is 0.526. The maximum atomic E-state index is 12.8. The number of sulfone groups is 1. The maximum absolute atomic E-state index is 12.8. The van der Waals surface area contributed by atoms with Crippen LogP contribution in [-0.2, 0) is 14.6 Å². The molecule has 5 N–H and O–H groups in total. The second-order valence-electron chi connectivity index (χ2n) is 6.67. The molecular formula is C18H23N5O3S2. The second kappa shape index (κ2) is 7.98. The molecule has 0 radical (unpaired) electrons. The third-order valence-corrected chi connectivity index (χ3v) is 7.65. The predicted octanol–water partition coefficient (Wildman–Crippen LogP) is 1.43. The Morgan fingerprint density at radius 1 is 1.29 bits per heavy atom. The summed E-state index contributed by atoms with van der Waals surface area (Å²) < 4.78 is 24.5. The summed E-state index contributed by atoms with van der Waals surface area (Å²) in [5.41, 5.74) is 7.90. The average molecular weight is 422 g/mol. The lowest BCUT2D eigenvalue weighted by Crippen LogP contribution is -2.26. The molecule has 0 saturated heterocycles. The first-order valence-corrected chi connectivity index (χ1v) is 10.9. The fourth-order valence-corrected chi connectivity index (χ4v) is 5.18. The number of nitrogen functional groups attached to an aromatic ring is 1.